The summed E-state index contributed by atoms with van der Waals surface area (Å²) in [5.74, 6) is -2.30. The van der Waals surface area contributed by atoms with Crippen molar-refractivity contribution in [3.8, 4) is 0 Å². The van der Waals surface area contributed by atoms with Crippen molar-refractivity contribution in [1.82, 2.24) is 0 Å². The fourth-order valence-electron chi connectivity index (χ4n) is 3.09. The Bertz CT molecular complexity index is 915. The number of carbonyl (C=O) groups is 2. The second-order valence-corrected chi connectivity index (χ2v) is 6.78. The fraction of sp³-hybridized carbons (Fsp3) is 0.238. The van der Waals surface area contributed by atoms with E-state index >= 15 is 0 Å². The van der Waals surface area contributed by atoms with Crippen LogP contribution in [0.5, 0.6) is 0 Å². The van der Waals surface area contributed by atoms with E-state index in [0.29, 0.717) is 11.1 Å². The monoisotopic (exact) mass is 363 g/mol. The molecule has 0 spiro atoms. The van der Waals surface area contributed by atoms with Gasteiger partial charge in [0.2, 0.25) is 5.90 Å². The minimum absolute atomic E-state index is 0.0437. The molecule has 0 saturated heterocycles. The van der Waals surface area contributed by atoms with Crippen LogP contribution in [-0.2, 0) is 4.84 Å². The molecule has 0 fully saturated rings. The van der Waals surface area contributed by atoms with Crippen molar-refractivity contribution in [2.45, 2.75) is 20.3 Å². The van der Waals surface area contributed by atoms with Gasteiger partial charge in [-0.2, -0.15) is 0 Å². The molecule has 0 aliphatic carbocycles. The van der Waals surface area contributed by atoms with Gasteiger partial charge in [0.05, 0.1) is 0 Å². The number of hydrogen-bond acceptors (Lipinski definition) is 6. The highest BCUT2D eigenvalue weighted by Crippen LogP contribution is 2.28. The smallest absolute Gasteiger partial charge is 0.229 e. The molecule has 6 heteroatoms. The Labute approximate surface area is 157 Å². The van der Waals surface area contributed by atoms with Gasteiger partial charge in [-0.3, -0.25) is 15.0 Å². The third-order valence-corrected chi connectivity index (χ3v) is 4.70. The van der Waals surface area contributed by atoms with Crippen LogP contribution in [0, 0.1) is 31.1 Å². The minimum Gasteiger partial charge on any atom is -0.384 e. The molecule has 2 unspecified atom stereocenters. The van der Waals surface area contributed by atoms with E-state index in [2.05, 4.69) is 5.16 Å². The molecular weight excluding hydrogens is 342 g/mol. The van der Waals surface area contributed by atoms with E-state index in [1.54, 1.807) is 24.3 Å². The molecule has 1 aliphatic heterocycles. The normalized spacial score (nSPS) is 17.2. The molecule has 0 saturated carbocycles. The van der Waals surface area contributed by atoms with Crippen molar-refractivity contribution in [2.24, 2.45) is 22.7 Å². The maximum absolute atomic E-state index is 13.1. The zero-order valence-corrected chi connectivity index (χ0v) is 15.2. The lowest BCUT2D eigenvalue weighted by Gasteiger charge is -2.20. The Morgan fingerprint density at radius 1 is 1.04 bits per heavy atom. The van der Waals surface area contributed by atoms with Crippen LogP contribution >= 0.6 is 0 Å². The third-order valence-electron chi connectivity index (χ3n) is 4.70. The number of nitrogens with two attached hydrogens (primary N) is 1. The van der Waals surface area contributed by atoms with Gasteiger partial charge >= 0.3 is 0 Å². The lowest BCUT2D eigenvalue weighted by atomic mass is 9.80. The van der Waals surface area contributed by atoms with Crippen molar-refractivity contribution in [2.75, 3.05) is 0 Å². The molecule has 1 heterocycles. The Balaban J connectivity index is 1.92. The highest BCUT2D eigenvalue weighted by Gasteiger charge is 2.41. The summed E-state index contributed by atoms with van der Waals surface area (Å²) in [5.41, 5.74) is 8.92. The number of nitrogens with zero attached hydrogens (tertiary/aromatic N) is 1. The number of benzene rings is 2. The number of oxime groups is 1. The summed E-state index contributed by atoms with van der Waals surface area (Å²) in [6, 6.07) is 14.3. The van der Waals surface area contributed by atoms with Gasteiger partial charge in [-0.05, 0) is 13.8 Å². The van der Waals surface area contributed by atoms with Gasteiger partial charge < -0.3 is 10.6 Å². The van der Waals surface area contributed by atoms with Gasteiger partial charge in [-0.25, -0.2) is 0 Å². The number of hydrogen-bond donors (Lipinski definition) is 2. The molecule has 3 N–H and O–H groups in total. The number of aryl methyl sites for hydroxylation is 2. The Morgan fingerprint density at radius 2 is 1.56 bits per heavy atom. The Kier molecular flexibility index (Phi) is 5.16. The summed E-state index contributed by atoms with van der Waals surface area (Å²) in [4.78, 5) is 30.8. The fourth-order valence-corrected chi connectivity index (χ4v) is 3.09. The van der Waals surface area contributed by atoms with Crippen LogP contribution in [0.3, 0.4) is 0 Å². The largest absolute Gasteiger partial charge is 0.384 e. The summed E-state index contributed by atoms with van der Waals surface area (Å²) >= 11 is 0. The summed E-state index contributed by atoms with van der Waals surface area (Å²) in [5, 5.41) is 11.6. The van der Waals surface area contributed by atoms with Crippen LogP contribution in [-0.4, -0.2) is 23.3 Å². The van der Waals surface area contributed by atoms with Crippen LogP contribution in [0.4, 0.5) is 0 Å². The van der Waals surface area contributed by atoms with Gasteiger partial charge in [-0.15, -0.1) is 0 Å². The summed E-state index contributed by atoms with van der Waals surface area (Å²) < 4.78 is 0. The molecule has 0 radical (unpaired) electrons. The van der Waals surface area contributed by atoms with Crippen LogP contribution in [0.25, 0.3) is 0 Å². The lowest BCUT2D eigenvalue weighted by molar-refractivity contribution is 0.0840. The first-order valence-electron chi connectivity index (χ1n) is 8.66. The van der Waals surface area contributed by atoms with Crippen molar-refractivity contribution in [3.63, 3.8) is 0 Å². The molecule has 3 rings (SSSR count). The molecule has 2 aromatic rings. The first-order chi connectivity index (χ1) is 12.9. The molecule has 1 aliphatic rings. The average molecular weight is 363 g/mol. The molecule has 27 heavy (non-hydrogen) atoms. The number of amidine groups is 1. The highest BCUT2D eigenvalue weighted by molar-refractivity contribution is 6.12. The maximum Gasteiger partial charge on any atom is 0.229 e. The van der Waals surface area contributed by atoms with Crippen molar-refractivity contribution < 1.29 is 14.4 Å². The van der Waals surface area contributed by atoms with Crippen LogP contribution in [0.15, 0.2) is 53.7 Å². The molecular formula is C21H21N3O3. The highest BCUT2D eigenvalue weighted by atomic mass is 16.6. The summed E-state index contributed by atoms with van der Waals surface area (Å²) in [7, 11) is 0. The van der Waals surface area contributed by atoms with Gasteiger partial charge in [0, 0.05) is 23.5 Å². The SMILES string of the molecule is Cc1ccc(C(=O)CC(C(=O)c2ccc(C)cc2)C2C(=N)ON=C2N)cc1. The maximum atomic E-state index is 13.1. The standard InChI is InChI=1S/C21H21N3O3/c1-12-3-7-14(8-4-12)17(25)11-16(18-20(22)24-27-21(18)23)19(26)15-9-5-13(2)6-10-15/h3-10,16,18,23H,11H2,1-2H3,(H2,22,24). The van der Waals surface area contributed by atoms with Crippen molar-refractivity contribution >= 4 is 23.3 Å². The molecule has 0 aromatic heterocycles. The first kappa shape index (κ1) is 18.5. The van der Waals surface area contributed by atoms with Gasteiger partial charge in [0.1, 0.15) is 5.92 Å². The molecule has 0 bridgehead atoms. The molecule has 6 nitrogen and oxygen atoms in total. The lowest BCUT2D eigenvalue weighted by Crippen LogP contribution is -2.37. The van der Waals surface area contributed by atoms with E-state index in [1.807, 2.05) is 38.1 Å². The van der Waals surface area contributed by atoms with Gasteiger partial charge in [0.15, 0.2) is 17.4 Å². The van der Waals surface area contributed by atoms with E-state index in [9.17, 15) is 9.59 Å². The van der Waals surface area contributed by atoms with Crippen molar-refractivity contribution in [1.29, 1.82) is 5.41 Å². The number of nitrogens with one attached hydrogen (secondary N) is 1. The number of rotatable bonds is 6. The van der Waals surface area contributed by atoms with Crippen LogP contribution in [0.1, 0.15) is 38.3 Å². The molecule has 2 atom stereocenters. The van der Waals surface area contributed by atoms with E-state index in [0.717, 1.165) is 11.1 Å². The Hall–Kier alpha value is -3.28. The Morgan fingerprint density at radius 3 is 2.04 bits per heavy atom. The summed E-state index contributed by atoms with van der Waals surface area (Å²) in [6.07, 6.45) is -0.0810. The summed E-state index contributed by atoms with van der Waals surface area (Å²) in [6.45, 7) is 3.87. The third kappa shape index (κ3) is 3.95. The van der Waals surface area contributed by atoms with E-state index < -0.39 is 11.8 Å². The topological polar surface area (TPSA) is 106 Å². The van der Waals surface area contributed by atoms with E-state index in [1.165, 1.54) is 0 Å². The zero-order chi connectivity index (χ0) is 19.6. The van der Waals surface area contributed by atoms with Gasteiger partial charge in [-0.1, -0.05) is 64.8 Å². The average Bonchev–Trinajstić information content (AvgIpc) is 2.98. The molecule has 2 aromatic carbocycles. The molecule has 138 valence electrons. The van der Waals surface area contributed by atoms with Crippen LogP contribution < -0.4 is 5.73 Å². The predicted molar refractivity (Wildman–Crippen MR) is 103 cm³/mol. The second kappa shape index (κ2) is 7.53. The van der Waals surface area contributed by atoms with Crippen LogP contribution in [0.2, 0.25) is 0 Å². The minimum atomic E-state index is -0.847. The predicted octanol–water partition coefficient (Wildman–Crippen LogP) is 3.27. The number of Topliss-reactive ketones (excluding diaryl/α,β-unsaturated/α-hetero) is 2. The van der Waals surface area contributed by atoms with Gasteiger partial charge in [0.25, 0.3) is 0 Å². The van der Waals surface area contributed by atoms with Crippen molar-refractivity contribution in [3.05, 3.63) is 70.8 Å². The first-order valence-corrected chi connectivity index (χ1v) is 8.66. The number of carbonyl (C=O) groups excluding carboxylic acids is 2. The quantitative estimate of drug-likeness (QED) is 0.768. The van der Waals surface area contributed by atoms with E-state index in [-0.39, 0.29) is 29.7 Å². The zero-order valence-electron chi connectivity index (χ0n) is 15.2. The second-order valence-electron chi connectivity index (χ2n) is 6.78. The molecule has 0 amide bonds. The number of ketones is 2. The van der Waals surface area contributed by atoms with E-state index in [4.69, 9.17) is 16.0 Å².